The van der Waals surface area contributed by atoms with Crippen LogP contribution in [0.5, 0.6) is 0 Å². The first-order valence-electron chi connectivity index (χ1n) is 14.5. The molecule has 2 atom stereocenters. The van der Waals surface area contributed by atoms with Crippen LogP contribution in [0.15, 0.2) is 79.0 Å². The van der Waals surface area contributed by atoms with Gasteiger partial charge in [-0.15, -0.1) is 0 Å². The summed E-state index contributed by atoms with van der Waals surface area (Å²) in [4.78, 5) is 27.0. The molecule has 1 N–H and O–H groups in total. The quantitative estimate of drug-likeness (QED) is 0.128. The summed E-state index contributed by atoms with van der Waals surface area (Å²) in [6, 6.07) is 21.6. The third kappa shape index (κ3) is 7.00. The number of likely N-dealkylation sites (tertiary alicyclic amines) is 1. The van der Waals surface area contributed by atoms with Crippen molar-refractivity contribution in [3.63, 3.8) is 0 Å². The molecule has 8 heteroatoms. The number of carbonyl (C=O) groups excluding carboxylic acids is 1. The lowest BCUT2D eigenvalue weighted by atomic mass is 9.88. The van der Waals surface area contributed by atoms with Crippen molar-refractivity contribution < 1.29 is 14.1 Å². The lowest BCUT2D eigenvalue weighted by Crippen LogP contribution is -2.39. The average molecular weight is 557 g/mol. The number of aromatic nitrogens is 1. The number of nitro groups is 1. The number of amides is 1. The molecule has 3 aromatic carbocycles. The highest BCUT2D eigenvalue weighted by Gasteiger charge is 2.25. The van der Waals surface area contributed by atoms with Crippen molar-refractivity contribution in [2.24, 2.45) is 0 Å². The van der Waals surface area contributed by atoms with Gasteiger partial charge in [-0.05, 0) is 67.6 Å². The van der Waals surface area contributed by atoms with Crippen molar-refractivity contribution in [3.05, 3.63) is 112 Å². The fourth-order valence-electron chi connectivity index (χ4n) is 6.00. The molecule has 41 heavy (non-hydrogen) atoms. The first-order chi connectivity index (χ1) is 19.9. The second-order valence-corrected chi connectivity index (χ2v) is 11.1. The minimum atomic E-state index is -0.477. The van der Waals surface area contributed by atoms with Crippen LogP contribution in [-0.4, -0.2) is 46.0 Å². The molecule has 0 aliphatic carbocycles. The van der Waals surface area contributed by atoms with Crippen molar-refractivity contribution in [2.75, 3.05) is 19.6 Å². The molecule has 1 saturated heterocycles. The highest BCUT2D eigenvalue weighted by atomic mass is 19.1. The molecule has 0 bridgehead atoms. The minimum absolute atomic E-state index is 0.0226. The highest BCUT2D eigenvalue weighted by Crippen LogP contribution is 2.37. The number of hydrogen-bond acceptors (Lipinski definition) is 4. The number of hydrogen-bond donors (Lipinski definition) is 1. The van der Waals surface area contributed by atoms with E-state index >= 15 is 0 Å². The number of nitro benzene ring substituents is 1. The number of carbonyl (C=O) groups is 1. The van der Waals surface area contributed by atoms with Gasteiger partial charge in [0.05, 0.1) is 4.92 Å². The maximum atomic E-state index is 14.4. The van der Waals surface area contributed by atoms with Crippen LogP contribution in [0.4, 0.5) is 10.1 Å². The van der Waals surface area contributed by atoms with Gasteiger partial charge in [0.25, 0.3) is 5.69 Å². The molecule has 1 aliphatic heterocycles. The smallest absolute Gasteiger partial charge is 0.270 e. The largest absolute Gasteiger partial charge is 0.356 e. The van der Waals surface area contributed by atoms with Crippen LogP contribution in [-0.2, 0) is 11.3 Å². The van der Waals surface area contributed by atoms with Gasteiger partial charge < -0.3 is 14.8 Å². The van der Waals surface area contributed by atoms with Crippen LogP contribution in [0, 0.1) is 15.9 Å². The van der Waals surface area contributed by atoms with E-state index in [4.69, 9.17) is 0 Å². The van der Waals surface area contributed by atoms with Crippen LogP contribution in [0.2, 0.25) is 0 Å². The van der Waals surface area contributed by atoms with E-state index in [0.29, 0.717) is 30.1 Å². The van der Waals surface area contributed by atoms with E-state index in [-0.39, 0.29) is 23.8 Å². The monoisotopic (exact) mass is 556 g/mol. The molecule has 1 aromatic heterocycles. The zero-order valence-corrected chi connectivity index (χ0v) is 23.5. The summed E-state index contributed by atoms with van der Waals surface area (Å²) in [7, 11) is 0. The molecular formula is C33H37FN4O3. The van der Waals surface area contributed by atoms with Crippen LogP contribution < -0.4 is 5.32 Å². The Balaban J connectivity index is 1.43. The number of nitrogens with zero attached hydrogens (tertiary/aromatic N) is 3. The highest BCUT2D eigenvalue weighted by molar-refractivity contribution is 5.88. The SMILES string of the molecule is C[C@H]1CCCCN1CCCNC(=O)C[C@H](c1cccc(F)c1)c1cn(Cc2ccccc2)c2ccc([N+](=O)[O-])cc12. The Kier molecular flexibility index (Phi) is 9.09. The molecule has 4 aromatic rings. The van der Waals surface area contributed by atoms with Gasteiger partial charge in [-0.2, -0.15) is 0 Å². The molecule has 0 radical (unpaired) electrons. The van der Waals surface area contributed by atoms with E-state index in [2.05, 4.69) is 17.1 Å². The molecule has 0 unspecified atom stereocenters. The van der Waals surface area contributed by atoms with Gasteiger partial charge in [-0.25, -0.2) is 4.39 Å². The van der Waals surface area contributed by atoms with E-state index in [1.54, 1.807) is 18.2 Å². The average Bonchev–Trinajstić information content (AvgIpc) is 3.32. The molecule has 5 rings (SSSR count). The zero-order chi connectivity index (χ0) is 28.8. The van der Waals surface area contributed by atoms with E-state index in [1.807, 2.05) is 47.2 Å². The summed E-state index contributed by atoms with van der Waals surface area (Å²) in [5.74, 6) is -0.989. The Bertz CT molecular complexity index is 1500. The number of non-ortho nitro benzene ring substituents is 1. The predicted molar refractivity (Wildman–Crippen MR) is 160 cm³/mol. The van der Waals surface area contributed by atoms with Gasteiger partial charge in [0.1, 0.15) is 5.82 Å². The first-order valence-corrected chi connectivity index (χ1v) is 14.5. The number of benzene rings is 3. The molecule has 7 nitrogen and oxygen atoms in total. The Morgan fingerprint density at radius 3 is 2.68 bits per heavy atom. The second kappa shape index (κ2) is 13.1. The van der Waals surface area contributed by atoms with Gasteiger partial charge in [0.15, 0.2) is 0 Å². The minimum Gasteiger partial charge on any atom is -0.356 e. The third-order valence-electron chi connectivity index (χ3n) is 8.20. The standard InChI is InChI=1S/C33H37FN4O3/c1-24-9-5-6-17-36(24)18-8-16-35-33(39)21-29(26-12-7-13-27(34)19-26)31-23-37(22-25-10-3-2-4-11-25)32-15-14-28(38(40)41)20-30(31)32/h2-4,7,10-15,19-20,23-24,29H,5-6,8-9,16-18,21-22H2,1H3,(H,35,39)/t24-,29+/m0/s1. The summed E-state index contributed by atoms with van der Waals surface area (Å²) < 4.78 is 16.5. The van der Waals surface area contributed by atoms with Crippen LogP contribution in [0.25, 0.3) is 10.9 Å². The Labute approximate surface area is 240 Å². The second-order valence-electron chi connectivity index (χ2n) is 11.1. The van der Waals surface area contributed by atoms with Crippen molar-refractivity contribution in [1.29, 1.82) is 0 Å². The summed E-state index contributed by atoms with van der Waals surface area (Å²) in [6.45, 7) is 5.45. The van der Waals surface area contributed by atoms with Crippen LogP contribution >= 0.6 is 0 Å². The summed E-state index contributed by atoms with van der Waals surface area (Å²) in [6.07, 6.45) is 6.66. The fourth-order valence-corrected chi connectivity index (χ4v) is 6.00. The lowest BCUT2D eigenvalue weighted by molar-refractivity contribution is -0.384. The summed E-state index contributed by atoms with van der Waals surface area (Å²) in [5, 5.41) is 15.4. The molecule has 2 heterocycles. The first kappa shape index (κ1) is 28.5. The van der Waals surface area contributed by atoms with Crippen LogP contribution in [0.1, 0.15) is 61.6 Å². The molecule has 1 aliphatic rings. The number of halogens is 1. The van der Waals surface area contributed by atoms with Crippen LogP contribution in [0.3, 0.4) is 0 Å². The number of piperidine rings is 1. The third-order valence-corrected chi connectivity index (χ3v) is 8.20. The maximum Gasteiger partial charge on any atom is 0.270 e. The fraction of sp³-hybridized carbons (Fsp3) is 0.364. The summed E-state index contributed by atoms with van der Waals surface area (Å²) >= 11 is 0. The van der Waals surface area contributed by atoms with E-state index in [1.165, 1.54) is 37.5 Å². The lowest BCUT2D eigenvalue weighted by Gasteiger charge is -2.33. The molecule has 0 saturated carbocycles. The van der Waals surface area contributed by atoms with Gasteiger partial charge >= 0.3 is 0 Å². The zero-order valence-electron chi connectivity index (χ0n) is 23.5. The van der Waals surface area contributed by atoms with E-state index < -0.39 is 10.8 Å². The Hall–Kier alpha value is -4.04. The van der Waals surface area contributed by atoms with E-state index in [0.717, 1.165) is 36.2 Å². The number of rotatable bonds is 11. The molecule has 214 valence electrons. The van der Waals surface area contributed by atoms with Crippen molar-refractivity contribution in [3.8, 4) is 0 Å². The Morgan fingerprint density at radius 1 is 1.10 bits per heavy atom. The Morgan fingerprint density at radius 2 is 1.93 bits per heavy atom. The maximum absolute atomic E-state index is 14.4. The molecule has 0 spiro atoms. The molecular weight excluding hydrogens is 519 g/mol. The van der Waals surface area contributed by atoms with Gasteiger partial charge in [-0.1, -0.05) is 48.9 Å². The van der Waals surface area contributed by atoms with Gasteiger partial charge in [0.2, 0.25) is 5.91 Å². The van der Waals surface area contributed by atoms with Crippen molar-refractivity contribution in [1.82, 2.24) is 14.8 Å². The predicted octanol–water partition coefficient (Wildman–Crippen LogP) is 6.64. The number of nitrogens with one attached hydrogen (secondary N) is 1. The van der Waals surface area contributed by atoms with Crippen molar-refractivity contribution >= 4 is 22.5 Å². The number of fused-ring (bicyclic) bond motifs is 1. The molecule has 1 fully saturated rings. The van der Waals surface area contributed by atoms with E-state index in [9.17, 15) is 19.3 Å². The van der Waals surface area contributed by atoms with Gasteiger partial charge in [-0.3, -0.25) is 14.9 Å². The normalized spacial score (nSPS) is 16.5. The van der Waals surface area contributed by atoms with Crippen molar-refractivity contribution in [2.45, 2.75) is 57.5 Å². The molecule has 1 amide bonds. The summed E-state index contributed by atoms with van der Waals surface area (Å²) in [5.41, 5.74) is 3.31. The topological polar surface area (TPSA) is 80.4 Å². The van der Waals surface area contributed by atoms with Gasteiger partial charge in [0, 0.05) is 67.2 Å².